The third-order valence-corrected chi connectivity index (χ3v) is 7.10. The van der Waals surface area contributed by atoms with Crippen LogP contribution in [0.1, 0.15) is 31.2 Å². The molecular formula is C20H25N3O3S. The van der Waals surface area contributed by atoms with Gasteiger partial charge in [-0.25, -0.2) is 0 Å². The highest BCUT2D eigenvalue weighted by Gasteiger charge is 2.53. The summed E-state index contributed by atoms with van der Waals surface area (Å²) in [6, 6.07) is 6.01. The molecule has 3 fully saturated rings. The van der Waals surface area contributed by atoms with E-state index in [0.29, 0.717) is 5.75 Å². The van der Waals surface area contributed by atoms with Gasteiger partial charge in [-0.1, -0.05) is 0 Å². The van der Waals surface area contributed by atoms with E-state index in [0.717, 1.165) is 41.4 Å². The summed E-state index contributed by atoms with van der Waals surface area (Å²) in [6.45, 7) is 3.91. The second kappa shape index (κ2) is 7.19. The Morgan fingerprint density at radius 1 is 1.26 bits per heavy atom. The first-order chi connectivity index (χ1) is 13.0. The smallest absolute Gasteiger partial charge is 0.244 e. The van der Waals surface area contributed by atoms with Crippen LogP contribution in [0.4, 0.5) is 11.4 Å². The number of aryl methyl sites for hydroxylation is 1. The Kier molecular flexibility index (Phi) is 4.88. The van der Waals surface area contributed by atoms with E-state index in [-0.39, 0.29) is 30.7 Å². The molecule has 3 amide bonds. The SMILES string of the molecule is Cc1cc(N2CCCC2)ccc1NC(=O)CN1C(=O)CC2(CCSC2)C1=O. The molecule has 7 heteroatoms. The number of anilines is 2. The van der Waals surface area contributed by atoms with Crippen LogP contribution in [0, 0.1) is 12.3 Å². The van der Waals surface area contributed by atoms with E-state index >= 15 is 0 Å². The summed E-state index contributed by atoms with van der Waals surface area (Å²) in [5.74, 6) is 0.873. The fraction of sp³-hybridized carbons (Fsp3) is 0.550. The quantitative estimate of drug-likeness (QED) is 0.804. The van der Waals surface area contributed by atoms with Gasteiger partial charge in [-0.05, 0) is 55.7 Å². The Hall–Kier alpha value is -2.02. The van der Waals surface area contributed by atoms with Crippen molar-refractivity contribution in [3.05, 3.63) is 23.8 Å². The van der Waals surface area contributed by atoms with Crippen LogP contribution in [0.25, 0.3) is 0 Å². The number of imide groups is 1. The molecule has 0 saturated carbocycles. The van der Waals surface area contributed by atoms with Gasteiger partial charge >= 0.3 is 0 Å². The number of rotatable bonds is 4. The van der Waals surface area contributed by atoms with E-state index in [4.69, 9.17) is 0 Å². The minimum atomic E-state index is -0.560. The number of carbonyl (C=O) groups is 3. The standard InChI is InChI=1S/C20H25N3O3S/c1-14-10-15(22-7-2-3-8-22)4-5-16(14)21-17(24)12-23-18(25)11-20(19(23)26)6-9-27-13-20/h4-5,10H,2-3,6-9,11-13H2,1H3,(H,21,24). The number of carbonyl (C=O) groups excluding carboxylic acids is 3. The van der Waals surface area contributed by atoms with Crippen LogP contribution in [0.3, 0.4) is 0 Å². The number of thioether (sulfide) groups is 1. The number of nitrogens with one attached hydrogen (secondary N) is 1. The molecule has 3 aliphatic heterocycles. The van der Waals surface area contributed by atoms with Crippen LogP contribution in [-0.4, -0.2) is 53.8 Å². The largest absolute Gasteiger partial charge is 0.372 e. The first-order valence-corrected chi connectivity index (χ1v) is 10.7. The number of hydrogen-bond donors (Lipinski definition) is 1. The summed E-state index contributed by atoms with van der Waals surface area (Å²) < 4.78 is 0. The van der Waals surface area contributed by atoms with Crippen LogP contribution in [0.2, 0.25) is 0 Å². The minimum Gasteiger partial charge on any atom is -0.372 e. The van der Waals surface area contributed by atoms with Gasteiger partial charge in [0.1, 0.15) is 6.54 Å². The molecule has 4 rings (SSSR count). The van der Waals surface area contributed by atoms with Crippen molar-refractivity contribution in [1.29, 1.82) is 0 Å². The maximum absolute atomic E-state index is 12.7. The first kappa shape index (κ1) is 18.3. The molecule has 1 unspecified atom stereocenters. The number of likely N-dealkylation sites (tertiary alicyclic amines) is 1. The van der Waals surface area contributed by atoms with Crippen LogP contribution < -0.4 is 10.2 Å². The lowest BCUT2D eigenvalue weighted by molar-refractivity contribution is -0.143. The predicted molar refractivity (Wildman–Crippen MR) is 107 cm³/mol. The van der Waals surface area contributed by atoms with Gasteiger partial charge in [0.25, 0.3) is 0 Å². The zero-order valence-electron chi connectivity index (χ0n) is 15.6. The highest BCUT2D eigenvalue weighted by molar-refractivity contribution is 7.99. The van der Waals surface area contributed by atoms with Crippen LogP contribution >= 0.6 is 11.8 Å². The Morgan fingerprint density at radius 3 is 2.70 bits per heavy atom. The molecule has 3 aliphatic rings. The predicted octanol–water partition coefficient (Wildman–Crippen LogP) is 2.42. The van der Waals surface area contributed by atoms with Crippen molar-refractivity contribution >= 4 is 40.9 Å². The van der Waals surface area contributed by atoms with Crippen molar-refractivity contribution in [2.75, 3.05) is 41.4 Å². The molecule has 1 aromatic rings. The van der Waals surface area contributed by atoms with Gasteiger partial charge < -0.3 is 10.2 Å². The van der Waals surface area contributed by atoms with E-state index in [2.05, 4.69) is 16.3 Å². The molecule has 144 valence electrons. The van der Waals surface area contributed by atoms with Crippen molar-refractivity contribution < 1.29 is 14.4 Å². The van der Waals surface area contributed by atoms with Gasteiger partial charge in [0.2, 0.25) is 17.7 Å². The van der Waals surface area contributed by atoms with Gasteiger partial charge in [-0.15, -0.1) is 0 Å². The Balaban J connectivity index is 1.41. The maximum atomic E-state index is 12.7. The van der Waals surface area contributed by atoms with Crippen molar-refractivity contribution in [3.63, 3.8) is 0 Å². The summed E-state index contributed by atoms with van der Waals surface area (Å²) in [5.41, 5.74) is 2.33. The number of nitrogens with zero attached hydrogens (tertiary/aromatic N) is 2. The van der Waals surface area contributed by atoms with Gasteiger partial charge in [0.05, 0.1) is 5.41 Å². The fourth-order valence-corrected chi connectivity index (χ4v) is 5.67. The van der Waals surface area contributed by atoms with Crippen molar-refractivity contribution in [2.45, 2.75) is 32.6 Å². The monoisotopic (exact) mass is 387 g/mol. The lowest BCUT2D eigenvalue weighted by atomic mass is 9.86. The number of benzene rings is 1. The maximum Gasteiger partial charge on any atom is 0.244 e. The molecular weight excluding hydrogens is 362 g/mol. The van der Waals surface area contributed by atoms with Crippen molar-refractivity contribution in [3.8, 4) is 0 Å². The normalized spacial score (nSPS) is 25.1. The van der Waals surface area contributed by atoms with Gasteiger partial charge in [0, 0.05) is 36.6 Å². The third-order valence-electron chi connectivity index (χ3n) is 5.85. The summed E-state index contributed by atoms with van der Waals surface area (Å²) in [4.78, 5) is 41.0. The molecule has 1 spiro atoms. The summed E-state index contributed by atoms with van der Waals surface area (Å²) in [7, 11) is 0. The summed E-state index contributed by atoms with van der Waals surface area (Å²) in [6.07, 6.45) is 3.41. The summed E-state index contributed by atoms with van der Waals surface area (Å²) in [5, 5.41) is 2.87. The molecule has 1 atom stereocenters. The molecule has 0 bridgehead atoms. The number of hydrogen-bond acceptors (Lipinski definition) is 5. The van der Waals surface area contributed by atoms with Crippen LogP contribution in [0.15, 0.2) is 18.2 Å². The lowest BCUT2D eigenvalue weighted by Gasteiger charge is -2.21. The fourth-order valence-electron chi connectivity index (χ4n) is 4.23. The van der Waals surface area contributed by atoms with Gasteiger partial charge in [-0.2, -0.15) is 11.8 Å². The number of amides is 3. The molecule has 6 nitrogen and oxygen atoms in total. The van der Waals surface area contributed by atoms with E-state index in [1.165, 1.54) is 18.5 Å². The highest BCUT2D eigenvalue weighted by Crippen LogP contribution is 2.44. The summed E-state index contributed by atoms with van der Waals surface area (Å²) >= 11 is 1.71. The molecule has 0 aromatic heterocycles. The zero-order chi connectivity index (χ0) is 19.0. The Bertz CT molecular complexity index is 783. The van der Waals surface area contributed by atoms with Crippen molar-refractivity contribution in [1.82, 2.24) is 4.90 Å². The Morgan fingerprint density at radius 2 is 2.04 bits per heavy atom. The molecule has 3 saturated heterocycles. The van der Waals surface area contributed by atoms with E-state index in [9.17, 15) is 14.4 Å². The van der Waals surface area contributed by atoms with Crippen LogP contribution in [-0.2, 0) is 14.4 Å². The second-order valence-corrected chi connectivity index (χ2v) is 8.89. The Labute approximate surface area is 163 Å². The van der Waals surface area contributed by atoms with E-state index < -0.39 is 5.41 Å². The lowest BCUT2D eigenvalue weighted by Crippen LogP contribution is -2.40. The second-order valence-electron chi connectivity index (χ2n) is 7.79. The molecule has 27 heavy (non-hydrogen) atoms. The molecule has 1 N–H and O–H groups in total. The van der Waals surface area contributed by atoms with E-state index in [1.54, 1.807) is 11.8 Å². The third kappa shape index (κ3) is 3.45. The van der Waals surface area contributed by atoms with Gasteiger partial charge in [0.15, 0.2) is 0 Å². The first-order valence-electron chi connectivity index (χ1n) is 9.57. The van der Waals surface area contributed by atoms with E-state index in [1.807, 2.05) is 19.1 Å². The topological polar surface area (TPSA) is 69.7 Å². The molecule has 0 aliphatic carbocycles. The molecule has 0 radical (unpaired) electrons. The van der Waals surface area contributed by atoms with Crippen LogP contribution in [0.5, 0.6) is 0 Å². The average Bonchev–Trinajstić information content (AvgIpc) is 3.36. The molecule has 1 aromatic carbocycles. The highest BCUT2D eigenvalue weighted by atomic mass is 32.2. The minimum absolute atomic E-state index is 0.172. The van der Waals surface area contributed by atoms with Gasteiger partial charge in [-0.3, -0.25) is 19.3 Å². The average molecular weight is 388 g/mol. The zero-order valence-corrected chi connectivity index (χ0v) is 16.4. The van der Waals surface area contributed by atoms with Crippen molar-refractivity contribution in [2.24, 2.45) is 5.41 Å². The molecule has 3 heterocycles.